The maximum atomic E-state index is 11.0. The van der Waals surface area contributed by atoms with E-state index >= 15 is 0 Å². The van der Waals surface area contributed by atoms with Crippen LogP contribution in [-0.4, -0.2) is 5.78 Å². The first-order chi connectivity index (χ1) is 5.29. The number of carbonyl (C=O) groups is 1. The quantitative estimate of drug-likeness (QED) is 0.485. The van der Waals surface area contributed by atoms with Gasteiger partial charge in [-0.3, -0.25) is 4.79 Å². The maximum absolute atomic E-state index is 11.0. The second-order valence-electron chi connectivity index (χ2n) is 3.02. The van der Waals surface area contributed by atoms with Gasteiger partial charge in [0.05, 0.1) is 0 Å². The van der Waals surface area contributed by atoms with Gasteiger partial charge in [0.25, 0.3) is 0 Å². The van der Waals surface area contributed by atoms with E-state index in [0.717, 1.165) is 25.7 Å². The minimum absolute atomic E-state index is 0.357. The highest BCUT2D eigenvalue weighted by Gasteiger charge is 2.02. The zero-order chi connectivity index (χ0) is 8.10. The largest absolute Gasteiger partial charge is 0.299 e. The Bertz CT molecular complexity index is 169. The molecule has 0 aromatic carbocycles. The van der Waals surface area contributed by atoms with E-state index in [1.807, 2.05) is 12.2 Å². The van der Waals surface area contributed by atoms with Crippen LogP contribution in [0.4, 0.5) is 0 Å². The topological polar surface area (TPSA) is 17.1 Å². The Morgan fingerprint density at radius 2 is 1.91 bits per heavy atom. The molecule has 0 bridgehead atoms. The molecule has 60 valence electrons. The molecular formula is C10H14O. The van der Waals surface area contributed by atoms with Crippen LogP contribution >= 0.6 is 0 Å². The summed E-state index contributed by atoms with van der Waals surface area (Å²) in [6, 6.07) is 0. The first-order valence-corrected chi connectivity index (χ1v) is 4.12. The number of hydrogen-bond acceptors (Lipinski definition) is 1. The van der Waals surface area contributed by atoms with Crippen molar-refractivity contribution in [3.63, 3.8) is 0 Å². The lowest BCUT2D eigenvalue weighted by Crippen LogP contribution is -1.94. The van der Waals surface area contributed by atoms with Gasteiger partial charge in [-0.1, -0.05) is 24.3 Å². The van der Waals surface area contributed by atoms with Crippen LogP contribution < -0.4 is 0 Å². The van der Waals surface area contributed by atoms with Crippen LogP contribution in [-0.2, 0) is 4.79 Å². The maximum Gasteiger partial charge on any atom is 0.136 e. The van der Waals surface area contributed by atoms with E-state index < -0.39 is 0 Å². The number of Topliss-reactive ketones (excluding diaryl/α,β-unsaturated/α-hetero) is 1. The minimum Gasteiger partial charge on any atom is -0.299 e. The lowest BCUT2D eigenvalue weighted by molar-refractivity contribution is -0.118. The SMILES string of the molecule is C=C1CC=CCC(=O)CCC1. The van der Waals surface area contributed by atoms with E-state index in [0.29, 0.717) is 12.2 Å². The monoisotopic (exact) mass is 150 g/mol. The molecule has 0 atom stereocenters. The second kappa shape index (κ2) is 4.12. The fourth-order valence-corrected chi connectivity index (χ4v) is 1.20. The van der Waals surface area contributed by atoms with E-state index in [1.54, 1.807) is 0 Å². The van der Waals surface area contributed by atoms with Crippen molar-refractivity contribution < 1.29 is 4.79 Å². The number of hydrogen-bond donors (Lipinski definition) is 0. The Morgan fingerprint density at radius 3 is 2.73 bits per heavy atom. The Balaban J connectivity index is 2.47. The molecule has 0 radical (unpaired) electrons. The molecule has 1 rings (SSSR count). The zero-order valence-corrected chi connectivity index (χ0v) is 6.81. The number of rotatable bonds is 0. The third kappa shape index (κ3) is 3.17. The van der Waals surface area contributed by atoms with Crippen LogP contribution in [0.25, 0.3) is 0 Å². The molecule has 0 saturated carbocycles. The number of ketones is 1. The van der Waals surface area contributed by atoms with E-state index in [4.69, 9.17) is 0 Å². The average Bonchev–Trinajstić information content (AvgIpc) is 2.04. The molecule has 1 aliphatic rings. The molecule has 1 aliphatic carbocycles. The smallest absolute Gasteiger partial charge is 0.136 e. The van der Waals surface area contributed by atoms with Crippen molar-refractivity contribution in [3.8, 4) is 0 Å². The molecule has 0 spiro atoms. The van der Waals surface area contributed by atoms with Crippen molar-refractivity contribution in [2.24, 2.45) is 0 Å². The van der Waals surface area contributed by atoms with Gasteiger partial charge in [-0.2, -0.15) is 0 Å². The molecule has 0 N–H and O–H groups in total. The van der Waals surface area contributed by atoms with Crippen molar-refractivity contribution >= 4 is 5.78 Å². The Hall–Kier alpha value is -0.850. The molecule has 1 heteroatoms. The van der Waals surface area contributed by atoms with E-state index in [-0.39, 0.29) is 0 Å². The van der Waals surface area contributed by atoms with Gasteiger partial charge in [0, 0.05) is 12.8 Å². The van der Waals surface area contributed by atoms with E-state index in [1.165, 1.54) is 5.57 Å². The van der Waals surface area contributed by atoms with Gasteiger partial charge in [0.1, 0.15) is 5.78 Å². The van der Waals surface area contributed by atoms with Gasteiger partial charge in [0.2, 0.25) is 0 Å². The third-order valence-electron chi connectivity index (χ3n) is 1.90. The van der Waals surface area contributed by atoms with Crippen LogP contribution in [0.5, 0.6) is 0 Å². The van der Waals surface area contributed by atoms with Crippen LogP contribution in [0.2, 0.25) is 0 Å². The van der Waals surface area contributed by atoms with Crippen molar-refractivity contribution in [3.05, 3.63) is 24.3 Å². The standard InChI is InChI=1S/C10H14O/c1-9-5-2-3-7-10(11)8-4-6-9/h2-3H,1,4-8H2. The summed E-state index contributed by atoms with van der Waals surface area (Å²) in [6.45, 7) is 3.92. The fourth-order valence-electron chi connectivity index (χ4n) is 1.20. The van der Waals surface area contributed by atoms with Gasteiger partial charge in [-0.05, 0) is 19.3 Å². The van der Waals surface area contributed by atoms with Gasteiger partial charge < -0.3 is 0 Å². The summed E-state index contributed by atoms with van der Waals surface area (Å²) in [5.74, 6) is 0.357. The predicted octanol–water partition coefficient (Wildman–Crippen LogP) is 2.63. The molecule has 0 aromatic heterocycles. The summed E-state index contributed by atoms with van der Waals surface area (Å²) < 4.78 is 0. The molecule has 1 nitrogen and oxygen atoms in total. The van der Waals surface area contributed by atoms with Gasteiger partial charge in [-0.15, -0.1) is 0 Å². The highest BCUT2D eigenvalue weighted by Crippen LogP contribution is 2.13. The van der Waals surface area contributed by atoms with Crippen molar-refractivity contribution in [2.45, 2.75) is 32.1 Å². The lowest BCUT2D eigenvalue weighted by atomic mass is 10.1. The summed E-state index contributed by atoms with van der Waals surface area (Å²) in [5, 5.41) is 0. The van der Waals surface area contributed by atoms with Gasteiger partial charge in [-0.25, -0.2) is 0 Å². The molecule has 0 amide bonds. The van der Waals surface area contributed by atoms with E-state index in [9.17, 15) is 4.79 Å². The minimum atomic E-state index is 0.357. The van der Waals surface area contributed by atoms with Gasteiger partial charge in [0.15, 0.2) is 0 Å². The highest BCUT2D eigenvalue weighted by atomic mass is 16.1. The lowest BCUT2D eigenvalue weighted by Gasteiger charge is -1.98. The Morgan fingerprint density at radius 1 is 1.18 bits per heavy atom. The van der Waals surface area contributed by atoms with Crippen molar-refractivity contribution in [2.75, 3.05) is 0 Å². The molecular weight excluding hydrogens is 136 g/mol. The highest BCUT2D eigenvalue weighted by molar-refractivity contribution is 5.79. The summed E-state index contributed by atoms with van der Waals surface area (Å²) in [6.07, 6.45) is 8.30. The summed E-state index contributed by atoms with van der Waals surface area (Å²) >= 11 is 0. The van der Waals surface area contributed by atoms with Crippen LogP contribution in [0.15, 0.2) is 24.3 Å². The summed E-state index contributed by atoms with van der Waals surface area (Å²) in [5.41, 5.74) is 1.25. The Labute approximate surface area is 67.8 Å². The molecule has 0 aromatic rings. The zero-order valence-electron chi connectivity index (χ0n) is 6.81. The van der Waals surface area contributed by atoms with Gasteiger partial charge >= 0.3 is 0 Å². The summed E-state index contributed by atoms with van der Waals surface area (Å²) in [7, 11) is 0. The normalized spacial score (nSPS) is 20.7. The predicted molar refractivity (Wildman–Crippen MR) is 46.4 cm³/mol. The van der Waals surface area contributed by atoms with Crippen LogP contribution in [0, 0.1) is 0 Å². The van der Waals surface area contributed by atoms with Crippen LogP contribution in [0.3, 0.4) is 0 Å². The molecule has 0 fully saturated rings. The fraction of sp³-hybridized carbons (Fsp3) is 0.500. The van der Waals surface area contributed by atoms with Crippen molar-refractivity contribution in [1.29, 1.82) is 0 Å². The number of carbonyl (C=O) groups excluding carboxylic acids is 1. The molecule has 0 unspecified atom stereocenters. The van der Waals surface area contributed by atoms with E-state index in [2.05, 4.69) is 6.58 Å². The summed E-state index contributed by atoms with van der Waals surface area (Å²) in [4.78, 5) is 11.0. The Kier molecular flexibility index (Phi) is 3.09. The second-order valence-corrected chi connectivity index (χ2v) is 3.02. The molecule has 0 heterocycles. The molecule has 0 saturated heterocycles. The molecule has 11 heavy (non-hydrogen) atoms. The first-order valence-electron chi connectivity index (χ1n) is 4.12. The average molecular weight is 150 g/mol. The number of allylic oxidation sites excluding steroid dienone is 3. The third-order valence-corrected chi connectivity index (χ3v) is 1.90. The van der Waals surface area contributed by atoms with Crippen molar-refractivity contribution in [1.82, 2.24) is 0 Å². The van der Waals surface area contributed by atoms with Crippen LogP contribution in [0.1, 0.15) is 32.1 Å². The molecule has 0 aliphatic heterocycles. The first kappa shape index (κ1) is 8.25.